The molecule has 0 radical (unpaired) electrons. The Kier molecular flexibility index (Phi) is 4.74. The van der Waals surface area contributed by atoms with Crippen molar-refractivity contribution in [2.45, 2.75) is 19.3 Å². The van der Waals surface area contributed by atoms with Gasteiger partial charge in [0.05, 0.1) is 17.4 Å². The third kappa shape index (κ3) is 3.92. The molecule has 0 aliphatic carbocycles. The van der Waals surface area contributed by atoms with E-state index in [1.165, 1.54) is 19.3 Å². The van der Waals surface area contributed by atoms with Crippen molar-refractivity contribution in [2.24, 2.45) is 0 Å². The lowest BCUT2D eigenvalue weighted by molar-refractivity contribution is -0.132. The molecule has 0 saturated carbocycles. The van der Waals surface area contributed by atoms with E-state index in [0.29, 0.717) is 11.4 Å². The Morgan fingerprint density at radius 2 is 1.56 bits per heavy atom. The molecule has 1 fully saturated rings. The van der Waals surface area contributed by atoms with Gasteiger partial charge in [0, 0.05) is 30.2 Å². The SMILES string of the molecule is O=C(Nc1ccc(N2CCCCC2)cc1)C(=O)Nc1ccc2nc[nH]c2c1. The summed E-state index contributed by atoms with van der Waals surface area (Å²) in [5, 5.41) is 5.23. The first-order valence-corrected chi connectivity index (χ1v) is 9.09. The molecule has 2 heterocycles. The molecule has 0 bridgehead atoms. The number of amides is 2. The first kappa shape index (κ1) is 17.1. The number of aromatic amines is 1. The molecule has 1 saturated heterocycles. The molecule has 2 aromatic carbocycles. The average Bonchev–Trinajstić information content (AvgIpc) is 3.17. The highest BCUT2D eigenvalue weighted by Crippen LogP contribution is 2.22. The van der Waals surface area contributed by atoms with Crippen LogP contribution in [0.25, 0.3) is 11.0 Å². The van der Waals surface area contributed by atoms with E-state index in [1.54, 1.807) is 24.5 Å². The normalized spacial score (nSPS) is 14.1. The van der Waals surface area contributed by atoms with Crippen LogP contribution in [0.2, 0.25) is 0 Å². The summed E-state index contributed by atoms with van der Waals surface area (Å²) in [5.74, 6) is -1.42. The minimum Gasteiger partial charge on any atom is -0.372 e. The van der Waals surface area contributed by atoms with Crippen LogP contribution in [-0.2, 0) is 9.59 Å². The Hall–Kier alpha value is -3.35. The number of aromatic nitrogens is 2. The predicted octanol–water partition coefficient (Wildman–Crippen LogP) is 3.13. The number of piperidine rings is 1. The fourth-order valence-corrected chi connectivity index (χ4v) is 3.30. The minimum atomic E-state index is -0.714. The number of imidazole rings is 1. The molecule has 27 heavy (non-hydrogen) atoms. The number of rotatable bonds is 3. The summed E-state index contributed by atoms with van der Waals surface area (Å²) in [4.78, 5) is 33.7. The second-order valence-electron chi connectivity index (χ2n) is 6.64. The highest BCUT2D eigenvalue weighted by molar-refractivity contribution is 6.43. The Balaban J connectivity index is 1.36. The van der Waals surface area contributed by atoms with Crippen LogP contribution in [-0.4, -0.2) is 34.9 Å². The number of hydrogen-bond acceptors (Lipinski definition) is 4. The zero-order chi connectivity index (χ0) is 18.6. The number of benzene rings is 2. The molecular formula is C20H21N5O2. The number of nitrogens with one attached hydrogen (secondary N) is 3. The van der Waals surface area contributed by atoms with Crippen molar-refractivity contribution >= 4 is 39.9 Å². The van der Waals surface area contributed by atoms with E-state index in [1.807, 2.05) is 24.3 Å². The standard InChI is InChI=1S/C20H21N5O2/c26-19(20(27)24-15-6-9-17-18(12-15)22-13-21-17)23-14-4-7-16(8-5-14)25-10-2-1-3-11-25/h4-9,12-13H,1-3,10-11H2,(H,21,22)(H,23,26)(H,24,27). The molecule has 1 aliphatic rings. The third-order valence-corrected chi connectivity index (χ3v) is 4.73. The summed E-state index contributed by atoms with van der Waals surface area (Å²) < 4.78 is 0. The van der Waals surface area contributed by atoms with E-state index >= 15 is 0 Å². The van der Waals surface area contributed by atoms with Crippen molar-refractivity contribution in [3.05, 3.63) is 48.8 Å². The molecule has 1 aliphatic heterocycles. The minimum absolute atomic E-state index is 0.535. The van der Waals surface area contributed by atoms with E-state index in [4.69, 9.17) is 0 Å². The number of nitrogens with zero attached hydrogens (tertiary/aromatic N) is 2. The van der Waals surface area contributed by atoms with Gasteiger partial charge >= 0.3 is 11.8 Å². The Bertz CT molecular complexity index is 958. The van der Waals surface area contributed by atoms with E-state index in [0.717, 1.165) is 29.8 Å². The summed E-state index contributed by atoms with van der Waals surface area (Å²) in [7, 11) is 0. The molecule has 7 heteroatoms. The molecule has 2 amide bonds. The molecule has 138 valence electrons. The van der Waals surface area contributed by atoms with Gasteiger partial charge < -0.3 is 20.5 Å². The first-order valence-electron chi connectivity index (χ1n) is 9.09. The monoisotopic (exact) mass is 363 g/mol. The van der Waals surface area contributed by atoms with Gasteiger partial charge in [0.15, 0.2) is 0 Å². The van der Waals surface area contributed by atoms with Crippen molar-refractivity contribution in [1.29, 1.82) is 0 Å². The van der Waals surface area contributed by atoms with Gasteiger partial charge in [-0.2, -0.15) is 0 Å². The van der Waals surface area contributed by atoms with Crippen LogP contribution in [0.4, 0.5) is 17.1 Å². The number of fused-ring (bicyclic) bond motifs is 1. The lowest BCUT2D eigenvalue weighted by Crippen LogP contribution is -2.30. The lowest BCUT2D eigenvalue weighted by Gasteiger charge is -2.28. The van der Waals surface area contributed by atoms with Crippen LogP contribution in [0.1, 0.15) is 19.3 Å². The maximum atomic E-state index is 12.2. The number of carbonyl (C=O) groups is 2. The van der Waals surface area contributed by atoms with Crippen molar-refractivity contribution in [3.8, 4) is 0 Å². The largest absolute Gasteiger partial charge is 0.372 e. The molecule has 4 rings (SSSR count). The van der Waals surface area contributed by atoms with Crippen molar-refractivity contribution in [2.75, 3.05) is 28.6 Å². The fraction of sp³-hybridized carbons (Fsp3) is 0.250. The van der Waals surface area contributed by atoms with Gasteiger partial charge in [-0.05, 0) is 61.7 Å². The number of H-pyrrole nitrogens is 1. The second-order valence-corrected chi connectivity index (χ2v) is 6.64. The highest BCUT2D eigenvalue weighted by atomic mass is 16.2. The summed E-state index contributed by atoms with van der Waals surface area (Å²) in [6.07, 6.45) is 5.29. The first-order chi connectivity index (χ1) is 13.2. The number of hydrogen-bond donors (Lipinski definition) is 3. The van der Waals surface area contributed by atoms with Crippen molar-refractivity contribution in [3.63, 3.8) is 0 Å². The summed E-state index contributed by atoms with van der Waals surface area (Å²) in [6, 6.07) is 12.8. The Morgan fingerprint density at radius 1 is 0.889 bits per heavy atom. The zero-order valence-corrected chi connectivity index (χ0v) is 14.9. The van der Waals surface area contributed by atoms with Gasteiger partial charge in [0.2, 0.25) is 0 Å². The molecule has 0 atom stereocenters. The zero-order valence-electron chi connectivity index (χ0n) is 14.9. The van der Waals surface area contributed by atoms with Gasteiger partial charge in [0.25, 0.3) is 0 Å². The quantitative estimate of drug-likeness (QED) is 0.624. The van der Waals surface area contributed by atoms with Crippen molar-refractivity contribution in [1.82, 2.24) is 9.97 Å². The maximum Gasteiger partial charge on any atom is 0.314 e. The molecule has 3 aromatic rings. The van der Waals surface area contributed by atoms with E-state index in [-0.39, 0.29) is 0 Å². The topological polar surface area (TPSA) is 90.1 Å². The maximum absolute atomic E-state index is 12.2. The summed E-state index contributed by atoms with van der Waals surface area (Å²) >= 11 is 0. The van der Waals surface area contributed by atoms with E-state index in [9.17, 15) is 9.59 Å². The Morgan fingerprint density at radius 3 is 2.30 bits per heavy atom. The van der Waals surface area contributed by atoms with Gasteiger partial charge in [0.1, 0.15) is 0 Å². The lowest BCUT2D eigenvalue weighted by atomic mass is 10.1. The Labute approximate surface area is 156 Å². The van der Waals surface area contributed by atoms with Gasteiger partial charge in [-0.3, -0.25) is 9.59 Å². The predicted molar refractivity (Wildman–Crippen MR) is 106 cm³/mol. The molecular weight excluding hydrogens is 342 g/mol. The van der Waals surface area contributed by atoms with Gasteiger partial charge in [-0.25, -0.2) is 4.98 Å². The highest BCUT2D eigenvalue weighted by Gasteiger charge is 2.15. The van der Waals surface area contributed by atoms with E-state index in [2.05, 4.69) is 25.5 Å². The number of carbonyl (C=O) groups excluding carboxylic acids is 2. The summed E-state index contributed by atoms with van der Waals surface area (Å²) in [5.41, 5.74) is 3.87. The van der Waals surface area contributed by atoms with Gasteiger partial charge in [-0.1, -0.05) is 0 Å². The fourth-order valence-electron chi connectivity index (χ4n) is 3.30. The van der Waals surface area contributed by atoms with E-state index < -0.39 is 11.8 Å². The van der Waals surface area contributed by atoms with Crippen LogP contribution in [0.3, 0.4) is 0 Å². The third-order valence-electron chi connectivity index (χ3n) is 4.73. The number of anilines is 3. The van der Waals surface area contributed by atoms with Crippen LogP contribution in [0, 0.1) is 0 Å². The van der Waals surface area contributed by atoms with Crippen LogP contribution in [0.15, 0.2) is 48.8 Å². The molecule has 0 spiro atoms. The second kappa shape index (κ2) is 7.49. The van der Waals surface area contributed by atoms with Crippen LogP contribution >= 0.6 is 0 Å². The van der Waals surface area contributed by atoms with Gasteiger partial charge in [-0.15, -0.1) is 0 Å². The molecule has 7 nitrogen and oxygen atoms in total. The average molecular weight is 363 g/mol. The van der Waals surface area contributed by atoms with Crippen LogP contribution < -0.4 is 15.5 Å². The molecule has 1 aromatic heterocycles. The van der Waals surface area contributed by atoms with Crippen LogP contribution in [0.5, 0.6) is 0 Å². The smallest absolute Gasteiger partial charge is 0.314 e. The molecule has 0 unspecified atom stereocenters. The molecule has 3 N–H and O–H groups in total. The summed E-state index contributed by atoms with van der Waals surface area (Å²) in [6.45, 7) is 2.13. The van der Waals surface area contributed by atoms with Crippen molar-refractivity contribution < 1.29 is 9.59 Å².